The fourth-order valence-electron chi connectivity index (χ4n) is 2.82. The van der Waals surface area contributed by atoms with Gasteiger partial charge in [-0.1, -0.05) is 29.8 Å². The van der Waals surface area contributed by atoms with Crippen molar-refractivity contribution in [2.75, 3.05) is 6.61 Å². The molecule has 4 rings (SSSR count). The first-order valence-electron chi connectivity index (χ1n) is 7.99. The SMILES string of the molecule is O=C(COc1ccc2c(c1)oc(=O)c1ccccc12)c1ccc(Cl)cc1. The van der Waals surface area contributed by atoms with Crippen LogP contribution in [0.25, 0.3) is 21.7 Å². The summed E-state index contributed by atoms with van der Waals surface area (Å²) in [6.45, 7) is -0.120. The highest BCUT2D eigenvalue weighted by atomic mass is 35.5. The fraction of sp³-hybridized carbons (Fsp3) is 0.0476. The highest BCUT2D eigenvalue weighted by molar-refractivity contribution is 6.30. The summed E-state index contributed by atoms with van der Waals surface area (Å²) in [5, 5.41) is 2.74. The second kappa shape index (κ2) is 6.65. The number of Topliss-reactive ketones (excluding diaryl/α,β-unsaturated/α-hetero) is 1. The number of carbonyl (C=O) groups excluding carboxylic acids is 1. The van der Waals surface area contributed by atoms with Gasteiger partial charge in [-0.2, -0.15) is 0 Å². The summed E-state index contributed by atoms with van der Waals surface area (Å²) < 4.78 is 11.0. The van der Waals surface area contributed by atoms with Gasteiger partial charge in [-0.25, -0.2) is 4.79 Å². The summed E-state index contributed by atoms with van der Waals surface area (Å²) in [6, 6.07) is 19.1. The summed E-state index contributed by atoms with van der Waals surface area (Å²) >= 11 is 5.82. The van der Waals surface area contributed by atoms with E-state index in [4.69, 9.17) is 20.8 Å². The van der Waals surface area contributed by atoms with Crippen molar-refractivity contribution >= 4 is 39.1 Å². The minimum absolute atomic E-state index is 0.120. The van der Waals surface area contributed by atoms with E-state index in [-0.39, 0.29) is 12.4 Å². The number of carbonyl (C=O) groups is 1. The maximum atomic E-state index is 12.2. The molecule has 0 aliphatic heterocycles. The highest BCUT2D eigenvalue weighted by Gasteiger charge is 2.10. The van der Waals surface area contributed by atoms with Crippen molar-refractivity contribution in [3.05, 3.63) is 87.7 Å². The molecule has 0 spiro atoms. The van der Waals surface area contributed by atoms with Crippen LogP contribution in [0.15, 0.2) is 75.9 Å². The first-order chi connectivity index (χ1) is 12.6. The molecule has 0 unspecified atom stereocenters. The number of ether oxygens (including phenoxy) is 1. The quantitative estimate of drug-likeness (QED) is 0.295. The summed E-state index contributed by atoms with van der Waals surface area (Å²) in [7, 11) is 0. The van der Waals surface area contributed by atoms with Crippen LogP contribution >= 0.6 is 11.6 Å². The lowest BCUT2D eigenvalue weighted by Gasteiger charge is -2.08. The third-order valence-electron chi connectivity index (χ3n) is 4.13. The van der Waals surface area contributed by atoms with E-state index in [1.165, 1.54) is 0 Å². The summed E-state index contributed by atoms with van der Waals surface area (Å²) in [5.74, 6) is 0.292. The molecule has 1 aromatic heterocycles. The van der Waals surface area contributed by atoms with E-state index in [0.29, 0.717) is 27.3 Å². The average Bonchev–Trinajstić information content (AvgIpc) is 2.67. The van der Waals surface area contributed by atoms with Gasteiger partial charge in [0.2, 0.25) is 0 Å². The van der Waals surface area contributed by atoms with Crippen LogP contribution in [0.2, 0.25) is 5.02 Å². The first kappa shape index (κ1) is 16.4. The molecule has 0 aliphatic rings. The molecule has 0 saturated carbocycles. The monoisotopic (exact) mass is 364 g/mol. The molecule has 0 bridgehead atoms. The van der Waals surface area contributed by atoms with E-state index in [2.05, 4.69) is 0 Å². The largest absolute Gasteiger partial charge is 0.485 e. The van der Waals surface area contributed by atoms with Gasteiger partial charge in [-0.15, -0.1) is 0 Å². The standard InChI is InChI=1S/C21H13ClO4/c22-14-7-5-13(6-8-14)19(23)12-25-15-9-10-17-16-3-1-2-4-18(16)21(24)26-20(17)11-15/h1-11H,12H2. The number of ketones is 1. The summed E-state index contributed by atoms with van der Waals surface area (Å²) in [4.78, 5) is 24.3. The van der Waals surface area contributed by atoms with Crippen LogP contribution in [0.4, 0.5) is 0 Å². The number of halogens is 1. The summed E-state index contributed by atoms with van der Waals surface area (Å²) in [5.41, 5.74) is 0.542. The Kier molecular flexibility index (Phi) is 4.19. The molecule has 0 radical (unpaired) electrons. The molecule has 128 valence electrons. The van der Waals surface area contributed by atoms with Crippen LogP contribution in [0.5, 0.6) is 5.75 Å². The lowest BCUT2D eigenvalue weighted by molar-refractivity contribution is 0.0921. The Morgan fingerprint density at radius 3 is 2.42 bits per heavy atom. The Labute approximate surface area is 153 Å². The smallest absolute Gasteiger partial charge is 0.344 e. The Bertz CT molecular complexity index is 1180. The number of rotatable bonds is 4. The molecule has 0 atom stereocenters. The second-order valence-corrected chi connectivity index (χ2v) is 6.25. The molecule has 0 aliphatic carbocycles. The van der Waals surface area contributed by atoms with Crippen LogP contribution < -0.4 is 10.4 Å². The molecule has 0 saturated heterocycles. The zero-order valence-corrected chi connectivity index (χ0v) is 14.3. The molecular formula is C21H13ClO4. The predicted molar refractivity (Wildman–Crippen MR) is 101 cm³/mol. The molecular weight excluding hydrogens is 352 g/mol. The Morgan fingerprint density at radius 2 is 1.65 bits per heavy atom. The number of hydrogen-bond acceptors (Lipinski definition) is 4. The van der Waals surface area contributed by atoms with Gasteiger partial charge >= 0.3 is 5.63 Å². The minimum atomic E-state index is -0.400. The van der Waals surface area contributed by atoms with Crippen molar-refractivity contribution in [1.82, 2.24) is 0 Å². The van der Waals surface area contributed by atoms with Crippen molar-refractivity contribution in [2.24, 2.45) is 0 Å². The Hall–Kier alpha value is -3.11. The van der Waals surface area contributed by atoms with Gasteiger partial charge in [-0.3, -0.25) is 4.79 Å². The lowest BCUT2D eigenvalue weighted by atomic mass is 10.1. The maximum absolute atomic E-state index is 12.2. The van der Waals surface area contributed by atoms with Crippen molar-refractivity contribution in [1.29, 1.82) is 0 Å². The number of benzene rings is 3. The van der Waals surface area contributed by atoms with Crippen molar-refractivity contribution in [3.63, 3.8) is 0 Å². The van der Waals surface area contributed by atoms with Gasteiger partial charge in [-0.05, 0) is 47.9 Å². The van der Waals surface area contributed by atoms with Gasteiger partial charge in [0, 0.05) is 22.0 Å². The zero-order valence-electron chi connectivity index (χ0n) is 13.6. The minimum Gasteiger partial charge on any atom is -0.485 e. The predicted octanol–water partition coefficient (Wildman–Crippen LogP) is 4.86. The molecule has 5 heteroatoms. The molecule has 0 N–H and O–H groups in total. The maximum Gasteiger partial charge on any atom is 0.344 e. The van der Waals surface area contributed by atoms with Crippen molar-refractivity contribution in [2.45, 2.75) is 0 Å². The van der Waals surface area contributed by atoms with Gasteiger partial charge < -0.3 is 9.15 Å². The molecule has 4 aromatic rings. The molecule has 26 heavy (non-hydrogen) atoms. The van der Waals surface area contributed by atoms with Crippen LogP contribution in [-0.4, -0.2) is 12.4 Å². The molecule has 1 heterocycles. The Morgan fingerprint density at radius 1 is 0.923 bits per heavy atom. The van der Waals surface area contributed by atoms with Crippen LogP contribution in [0.1, 0.15) is 10.4 Å². The molecule has 4 nitrogen and oxygen atoms in total. The van der Waals surface area contributed by atoms with E-state index in [1.54, 1.807) is 48.5 Å². The zero-order chi connectivity index (χ0) is 18.1. The molecule has 3 aromatic carbocycles. The number of hydrogen-bond donors (Lipinski definition) is 0. The number of fused-ring (bicyclic) bond motifs is 3. The van der Waals surface area contributed by atoms with Gasteiger partial charge in [0.25, 0.3) is 0 Å². The van der Waals surface area contributed by atoms with E-state index in [9.17, 15) is 9.59 Å². The van der Waals surface area contributed by atoms with E-state index >= 15 is 0 Å². The third-order valence-corrected chi connectivity index (χ3v) is 4.38. The third kappa shape index (κ3) is 3.07. The van der Waals surface area contributed by atoms with Gasteiger partial charge in [0.15, 0.2) is 12.4 Å². The normalized spacial score (nSPS) is 11.0. The topological polar surface area (TPSA) is 56.5 Å². The highest BCUT2D eigenvalue weighted by Crippen LogP contribution is 2.26. The first-order valence-corrected chi connectivity index (χ1v) is 8.37. The van der Waals surface area contributed by atoms with E-state index in [0.717, 1.165) is 10.8 Å². The Balaban J connectivity index is 1.61. The molecule has 0 amide bonds. The average molecular weight is 365 g/mol. The van der Waals surface area contributed by atoms with Gasteiger partial charge in [0.1, 0.15) is 11.3 Å². The summed E-state index contributed by atoms with van der Waals surface area (Å²) in [6.07, 6.45) is 0. The lowest BCUT2D eigenvalue weighted by Crippen LogP contribution is -2.11. The second-order valence-electron chi connectivity index (χ2n) is 5.81. The van der Waals surface area contributed by atoms with Gasteiger partial charge in [0.05, 0.1) is 5.39 Å². The fourth-order valence-corrected chi connectivity index (χ4v) is 2.94. The van der Waals surface area contributed by atoms with Crippen LogP contribution in [0.3, 0.4) is 0 Å². The van der Waals surface area contributed by atoms with E-state index < -0.39 is 5.63 Å². The van der Waals surface area contributed by atoms with Crippen LogP contribution in [0, 0.1) is 0 Å². The van der Waals surface area contributed by atoms with Crippen molar-refractivity contribution in [3.8, 4) is 5.75 Å². The molecule has 0 fully saturated rings. The van der Waals surface area contributed by atoms with E-state index in [1.807, 2.05) is 18.2 Å². The van der Waals surface area contributed by atoms with Crippen molar-refractivity contribution < 1.29 is 13.9 Å². The van der Waals surface area contributed by atoms with Crippen LogP contribution in [-0.2, 0) is 0 Å².